The van der Waals surface area contributed by atoms with Crippen LogP contribution in [0, 0.1) is 6.92 Å². The highest BCUT2D eigenvalue weighted by Crippen LogP contribution is 2.24. The molecule has 0 aliphatic heterocycles. The van der Waals surface area contributed by atoms with Crippen molar-refractivity contribution in [3.05, 3.63) is 36.4 Å². The molecule has 0 atom stereocenters. The van der Waals surface area contributed by atoms with Crippen LogP contribution in [0.2, 0.25) is 0 Å². The molecular formula is C11H13NO2. The van der Waals surface area contributed by atoms with Gasteiger partial charge in [-0.1, -0.05) is 12.6 Å². The summed E-state index contributed by atoms with van der Waals surface area (Å²) in [6, 6.07) is 5.58. The summed E-state index contributed by atoms with van der Waals surface area (Å²) in [5, 5.41) is 2.67. The minimum atomic E-state index is -0.242. The average molecular weight is 191 g/mol. The molecule has 0 unspecified atom stereocenters. The first-order chi connectivity index (χ1) is 6.67. The van der Waals surface area contributed by atoms with Crippen molar-refractivity contribution in [3.63, 3.8) is 0 Å². The molecule has 1 aromatic rings. The van der Waals surface area contributed by atoms with Crippen LogP contribution >= 0.6 is 0 Å². The third-order valence-corrected chi connectivity index (χ3v) is 1.80. The molecule has 1 aromatic carbocycles. The summed E-state index contributed by atoms with van der Waals surface area (Å²) in [7, 11) is 1.56. The van der Waals surface area contributed by atoms with Gasteiger partial charge in [-0.05, 0) is 30.7 Å². The zero-order valence-electron chi connectivity index (χ0n) is 8.33. The van der Waals surface area contributed by atoms with Crippen molar-refractivity contribution in [2.24, 2.45) is 0 Å². The van der Waals surface area contributed by atoms with Crippen LogP contribution in [-0.2, 0) is 4.79 Å². The molecule has 3 heteroatoms. The number of nitrogens with one attached hydrogen (secondary N) is 1. The van der Waals surface area contributed by atoms with Gasteiger partial charge < -0.3 is 10.1 Å². The van der Waals surface area contributed by atoms with E-state index in [1.807, 2.05) is 25.1 Å². The van der Waals surface area contributed by atoms with Gasteiger partial charge in [0.15, 0.2) is 0 Å². The number of carbonyl (C=O) groups is 1. The van der Waals surface area contributed by atoms with E-state index >= 15 is 0 Å². The van der Waals surface area contributed by atoms with Crippen LogP contribution in [0.1, 0.15) is 5.56 Å². The number of hydrogen-bond acceptors (Lipinski definition) is 2. The Balaban J connectivity index is 2.98. The molecule has 3 nitrogen and oxygen atoms in total. The molecule has 0 bridgehead atoms. The SMILES string of the molecule is C=CC(=O)Nc1cc(C)ccc1OC. The minimum absolute atomic E-state index is 0.242. The van der Waals surface area contributed by atoms with Crippen LogP contribution in [0.5, 0.6) is 5.75 Å². The lowest BCUT2D eigenvalue weighted by atomic mass is 10.2. The molecule has 0 aliphatic carbocycles. The Kier molecular flexibility index (Phi) is 3.29. The summed E-state index contributed by atoms with van der Waals surface area (Å²) < 4.78 is 5.10. The maximum atomic E-state index is 11.1. The molecule has 0 aliphatic rings. The van der Waals surface area contributed by atoms with Gasteiger partial charge in [0, 0.05) is 0 Å². The third-order valence-electron chi connectivity index (χ3n) is 1.80. The highest BCUT2D eigenvalue weighted by atomic mass is 16.5. The lowest BCUT2D eigenvalue weighted by molar-refractivity contribution is -0.111. The molecule has 1 rings (SSSR count). The minimum Gasteiger partial charge on any atom is -0.495 e. The largest absolute Gasteiger partial charge is 0.495 e. The number of benzene rings is 1. The Labute approximate surface area is 83.4 Å². The van der Waals surface area contributed by atoms with Gasteiger partial charge in [-0.25, -0.2) is 0 Å². The molecule has 74 valence electrons. The van der Waals surface area contributed by atoms with Crippen molar-refractivity contribution < 1.29 is 9.53 Å². The van der Waals surface area contributed by atoms with Crippen LogP contribution < -0.4 is 10.1 Å². The zero-order chi connectivity index (χ0) is 10.6. The van der Waals surface area contributed by atoms with E-state index in [4.69, 9.17) is 4.74 Å². The van der Waals surface area contributed by atoms with E-state index in [2.05, 4.69) is 11.9 Å². The van der Waals surface area contributed by atoms with Crippen molar-refractivity contribution in [3.8, 4) is 5.75 Å². The first kappa shape index (κ1) is 10.3. The number of aryl methyl sites for hydroxylation is 1. The van der Waals surface area contributed by atoms with Gasteiger partial charge in [-0.15, -0.1) is 0 Å². The first-order valence-electron chi connectivity index (χ1n) is 4.25. The lowest BCUT2D eigenvalue weighted by Gasteiger charge is -2.09. The Morgan fingerprint density at radius 1 is 1.57 bits per heavy atom. The normalized spacial score (nSPS) is 9.29. The Morgan fingerprint density at radius 3 is 2.86 bits per heavy atom. The first-order valence-corrected chi connectivity index (χ1v) is 4.25. The molecule has 14 heavy (non-hydrogen) atoms. The second kappa shape index (κ2) is 4.46. The van der Waals surface area contributed by atoms with E-state index in [0.29, 0.717) is 11.4 Å². The molecule has 0 saturated carbocycles. The van der Waals surface area contributed by atoms with Crippen molar-refractivity contribution in [1.82, 2.24) is 0 Å². The predicted molar refractivity (Wildman–Crippen MR) is 56.6 cm³/mol. The van der Waals surface area contributed by atoms with Crippen LogP contribution in [0.15, 0.2) is 30.9 Å². The zero-order valence-corrected chi connectivity index (χ0v) is 8.33. The van der Waals surface area contributed by atoms with Gasteiger partial charge >= 0.3 is 0 Å². The fraction of sp³-hybridized carbons (Fsp3) is 0.182. The Morgan fingerprint density at radius 2 is 2.29 bits per heavy atom. The lowest BCUT2D eigenvalue weighted by Crippen LogP contribution is -2.08. The van der Waals surface area contributed by atoms with Crippen LogP contribution in [0.3, 0.4) is 0 Å². The van der Waals surface area contributed by atoms with Gasteiger partial charge in [0.05, 0.1) is 12.8 Å². The van der Waals surface area contributed by atoms with E-state index in [-0.39, 0.29) is 5.91 Å². The maximum absolute atomic E-state index is 11.1. The van der Waals surface area contributed by atoms with Crippen molar-refractivity contribution in [1.29, 1.82) is 0 Å². The number of rotatable bonds is 3. The third kappa shape index (κ3) is 2.36. The van der Waals surface area contributed by atoms with E-state index in [9.17, 15) is 4.79 Å². The quantitative estimate of drug-likeness (QED) is 0.743. The highest BCUT2D eigenvalue weighted by molar-refractivity contribution is 5.99. The van der Waals surface area contributed by atoms with E-state index in [1.165, 1.54) is 6.08 Å². The number of hydrogen-bond donors (Lipinski definition) is 1. The average Bonchev–Trinajstić information content (AvgIpc) is 2.18. The molecule has 0 spiro atoms. The maximum Gasteiger partial charge on any atom is 0.247 e. The van der Waals surface area contributed by atoms with Crippen molar-refractivity contribution >= 4 is 11.6 Å². The van der Waals surface area contributed by atoms with E-state index < -0.39 is 0 Å². The van der Waals surface area contributed by atoms with Crippen molar-refractivity contribution in [2.45, 2.75) is 6.92 Å². The molecular weight excluding hydrogens is 178 g/mol. The highest BCUT2D eigenvalue weighted by Gasteiger charge is 2.04. The van der Waals surface area contributed by atoms with Gasteiger partial charge in [-0.3, -0.25) is 4.79 Å². The summed E-state index contributed by atoms with van der Waals surface area (Å²) in [5.74, 6) is 0.403. The molecule has 1 N–H and O–H groups in total. The van der Waals surface area contributed by atoms with E-state index in [1.54, 1.807) is 7.11 Å². The Hall–Kier alpha value is -1.77. The standard InChI is InChI=1S/C11H13NO2/c1-4-11(13)12-9-7-8(2)5-6-10(9)14-3/h4-7H,1H2,2-3H3,(H,12,13). The van der Waals surface area contributed by atoms with Crippen LogP contribution in [-0.4, -0.2) is 13.0 Å². The number of anilines is 1. The molecule has 0 fully saturated rings. The summed E-state index contributed by atoms with van der Waals surface area (Å²) in [6.45, 7) is 5.33. The topological polar surface area (TPSA) is 38.3 Å². The number of carbonyl (C=O) groups excluding carboxylic acids is 1. The molecule has 0 radical (unpaired) electrons. The monoisotopic (exact) mass is 191 g/mol. The summed E-state index contributed by atoms with van der Waals surface area (Å²) >= 11 is 0. The molecule has 0 aromatic heterocycles. The number of ether oxygens (including phenoxy) is 1. The van der Waals surface area contributed by atoms with Crippen LogP contribution in [0.4, 0.5) is 5.69 Å². The summed E-state index contributed by atoms with van der Waals surface area (Å²) in [6.07, 6.45) is 1.22. The molecule has 0 heterocycles. The van der Waals surface area contributed by atoms with E-state index in [0.717, 1.165) is 5.56 Å². The fourth-order valence-corrected chi connectivity index (χ4v) is 1.10. The second-order valence-electron chi connectivity index (χ2n) is 2.90. The summed E-state index contributed by atoms with van der Waals surface area (Å²) in [5.41, 5.74) is 1.72. The van der Waals surface area contributed by atoms with Crippen LogP contribution in [0.25, 0.3) is 0 Å². The van der Waals surface area contributed by atoms with Gasteiger partial charge in [-0.2, -0.15) is 0 Å². The van der Waals surface area contributed by atoms with Crippen molar-refractivity contribution in [2.75, 3.05) is 12.4 Å². The number of methoxy groups -OCH3 is 1. The smallest absolute Gasteiger partial charge is 0.247 e. The Bertz CT molecular complexity index is 358. The second-order valence-corrected chi connectivity index (χ2v) is 2.90. The van der Waals surface area contributed by atoms with Gasteiger partial charge in [0.25, 0.3) is 0 Å². The van der Waals surface area contributed by atoms with Gasteiger partial charge in [0.2, 0.25) is 5.91 Å². The predicted octanol–water partition coefficient (Wildman–Crippen LogP) is 2.13. The summed E-state index contributed by atoms with van der Waals surface area (Å²) in [4.78, 5) is 11.1. The molecule has 1 amide bonds. The number of amides is 1. The fourth-order valence-electron chi connectivity index (χ4n) is 1.10. The molecule has 0 saturated heterocycles. The van der Waals surface area contributed by atoms with Gasteiger partial charge in [0.1, 0.15) is 5.75 Å².